The van der Waals surface area contributed by atoms with Gasteiger partial charge in [0.2, 0.25) is 0 Å². The van der Waals surface area contributed by atoms with E-state index in [0.717, 1.165) is 12.8 Å². The second kappa shape index (κ2) is 7.00. The summed E-state index contributed by atoms with van der Waals surface area (Å²) in [6.07, 6.45) is 8.73. The molecule has 88 valence electrons. The van der Waals surface area contributed by atoms with Crippen LogP contribution in [0.5, 0.6) is 0 Å². The van der Waals surface area contributed by atoms with Crippen LogP contribution in [0.4, 0.5) is 0 Å². The van der Waals surface area contributed by atoms with Crippen molar-refractivity contribution in [1.82, 2.24) is 0 Å². The average Bonchev–Trinajstić information content (AvgIpc) is 2.13. The highest BCUT2D eigenvalue weighted by molar-refractivity contribution is 5.82. The van der Waals surface area contributed by atoms with Crippen molar-refractivity contribution in [3.05, 3.63) is 0 Å². The molecule has 1 fully saturated rings. The molecule has 0 spiro atoms. The maximum atomic E-state index is 11.8. The summed E-state index contributed by atoms with van der Waals surface area (Å²) in [6, 6.07) is 0. The van der Waals surface area contributed by atoms with Crippen LogP contribution in [-0.2, 0) is 9.53 Å². The molecule has 0 radical (unpaired) electrons. The number of ketones is 1. The molecule has 0 aromatic heterocycles. The zero-order valence-corrected chi connectivity index (χ0v) is 10.1. The highest BCUT2D eigenvalue weighted by atomic mass is 16.5. The Balaban J connectivity index is 2.28. The van der Waals surface area contributed by atoms with Crippen LogP contribution in [0, 0.1) is 5.92 Å². The van der Waals surface area contributed by atoms with Gasteiger partial charge in [-0.05, 0) is 26.7 Å². The highest BCUT2D eigenvalue weighted by Gasteiger charge is 2.19. The highest BCUT2D eigenvalue weighted by Crippen LogP contribution is 2.23. The molecule has 1 aliphatic rings. The number of rotatable bonds is 4. The molecule has 0 aromatic rings. The van der Waals surface area contributed by atoms with E-state index in [1.165, 1.54) is 32.1 Å². The van der Waals surface area contributed by atoms with Gasteiger partial charge in [-0.15, -0.1) is 0 Å². The minimum absolute atomic E-state index is 0.169. The molecule has 1 aliphatic carbocycles. The maximum absolute atomic E-state index is 11.8. The Labute approximate surface area is 93.4 Å². The summed E-state index contributed by atoms with van der Waals surface area (Å²) in [5, 5.41) is 0. The molecule has 0 aliphatic heterocycles. The molecule has 1 saturated carbocycles. The summed E-state index contributed by atoms with van der Waals surface area (Å²) in [5.41, 5.74) is 0. The first-order chi connectivity index (χ1) is 7.20. The predicted octanol–water partition coefficient (Wildman–Crippen LogP) is 3.34. The Bertz CT molecular complexity index is 179. The van der Waals surface area contributed by atoms with Gasteiger partial charge in [0.25, 0.3) is 0 Å². The van der Waals surface area contributed by atoms with Crippen LogP contribution in [0.1, 0.15) is 58.8 Å². The third kappa shape index (κ3) is 5.31. The van der Waals surface area contributed by atoms with Crippen molar-refractivity contribution < 1.29 is 9.53 Å². The van der Waals surface area contributed by atoms with Crippen molar-refractivity contribution in [2.45, 2.75) is 64.9 Å². The fourth-order valence-corrected chi connectivity index (χ4v) is 2.14. The first kappa shape index (κ1) is 12.7. The molecule has 0 saturated heterocycles. The van der Waals surface area contributed by atoms with E-state index in [9.17, 15) is 4.79 Å². The summed E-state index contributed by atoms with van der Waals surface area (Å²) in [4.78, 5) is 11.8. The number of carbonyl (C=O) groups excluding carboxylic acids is 1. The second-order valence-corrected chi connectivity index (χ2v) is 4.87. The molecule has 0 amide bonds. The van der Waals surface area contributed by atoms with Crippen LogP contribution in [0.3, 0.4) is 0 Å². The molecular formula is C13H24O2. The topological polar surface area (TPSA) is 26.3 Å². The monoisotopic (exact) mass is 212 g/mol. The third-order valence-corrected chi connectivity index (χ3v) is 3.12. The fraction of sp³-hybridized carbons (Fsp3) is 0.923. The van der Waals surface area contributed by atoms with Gasteiger partial charge in [-0.2, -0.15) is 0 Å². The van der Waals surface area contributed by atoms with E-state index in [0.29, 0.717) is 12.4 Å². The minimum atomic E-state index is 0.169. The van der Waals surface area contributed by atoms with Crippen LogP contribution >= 0.6 is 0 Å². The molecular weight excluding hydrogens is 188 g/mol. The van der Waals surface area contributed by atoms with Crippen LogP contribution in [0.25, 0.3) is 0 Å². The molecule has 1 rings (SSSR count). The molecule has 0 unspecified atom stereocenters. The lowest BCUT2D eigenvalue weighted by Crippen LogP contribution is -2.22. The number of ether oxygens (including phenoxy) is 1. The third-order valence-electron chi connectivity index (χ3n) is 3.12. The van der Waals surface area contributed by atoms with Gasteiger partial charge in [0.1, 0.15) is 6.61 Å². The molecule has 0 N–H and O–H groups in total. The average molecular weight is 212 g/mol. The lowest BCUT2D eigenvalue weighted by Gasteiger charge is -2.19. The van der Waals surface area contributed by atoms with E-state index >= 15 is 0 Å². The van der Waals surface area contributed by atoms with Gasteiger partial charge in [-0.1, -0.05) is 32.1 Å². The first-order valence-corrected chi connectivity index (χ1v) is 6.34. The van der Waals surface area contributed by atoms with Crippen molar-refractivity contribution in [1.29, 1.82) is 0 Å². The number of hydrogen-bond donors (Lipinski definition) is 0. The van der Waals surface area contributed by atoms with E-state index in [-0.39, 0.29) is 12.0 Å². The molecule has 0 aromatic carbocycles. The molecule has 15 heavy (non-hydrogen) atoms. The van der Waals surface area contributed by atoms with Gasteiger partial charge in [0, 0.05) is 5.92 Å². The van der Waals surface area contributed by atoms with Gasteiger partial charge in [-0.3, -0.25) is 4.79 Å². The van der Waals surface area contributed by atoms with Crippen LogP contribution in [0.15, 0.2) is 0 Å². The predicted molar refractivity (Wildman–Crippen MR) is 61.9 cm³/mol. The van der Waals surface area contributed by atoms with Gasteiger partial charge < -0.3 is 4.74 Å². The molecule has 2 nitrogen and oxygen atoms in total. The largest absolute Gasteiger partial charge is 0.371 e. The van der Waals surface area contributed by atoms with Gasteiger partial charge in [-0.25, -0.2) is 0 Å². The SMILES string of the molecule is CC(C)OCC(=O)C1CCCCCCC1. The van der Waals surface area contributed by atoms with Gasteiger partial charge >= 0.3 is 0 Å². The van der Waals surface area contributed by atoms with E-state index in [2.05, 4.69) is 0 Å². The Morgan fingerprint density at radius 1 is 1.13 bits per heavy atom. The number of Topliss-reactive ketones (excluding diaryl/α,β-unsaturated/α-hetero) is 1. The first-order valence-electron chi connectivity index (χ1n) is 6.34. The Hall–Kier alpha value is -0.370. The Morgan fingerprint density at radius 2 is 1.67 bits per heavy atom. The molecule has 0 bridgehead atoms. The second-order valence-electron chi connectivity index (χ2n) is 4.87. The van der Waals surface area contributed by atoms with Crippen molar-refractivity contribution in [3.63, 3.8) is 0 Å². The smallest absolute Gasteiger partial charge is 0.161 e. The summed E-state index contributed by atoms with van der Waals surface area (Å²) in [5.74, 6) is 0.606. The lowest BCUT2D eigenvalue weighted by molar-refractivity contribution is -0.129. The van der Waals surface area contributed by atoms with E-state index in [1.807, 2.05) is 13.8 Å². The van der Waals surface area contributed by atoms with Crippen molar-refractivity contribution in [2.75, 3.05) is 6.61 Å². The fourth-order valence-electron chi connectivity index (χ4n) is 2.14. The van der Waals surface area contributed by atoms with E-state index < -0.39 is 0 Å². The maximum Gasteiger partial charge on any atom is 0.161 e. The summed E-state index contributed by atoms with van der Waals surface area (Å²) in [7, 11) is 0. The summed E-state index contributed by atoms with van der Waals surface area (Å²) < 4.78 is 5.38. The number of hydrogen-bond acceptors (Lipinski definition) is 2. The Morgan fingerprint density at radius 3 is 2.20 bits per heavy atom. The minimum Gasteiger partial charge on any atom is -0.371 e. The van der Waals surface area contributed by atoms with Crippen molar-refractivity contribution >= 4 is 5.78 Å². The van der Waals surface area contributed by atoms with Crippen molar-refractivity contribution in [2.24, 2.45) is 5.92 Å². The van der Waals surface area contributed by atoms with Crippen molar-refractivity contribution in [3.8, 4) is 0 Å². The van der Waals surface area contributed by atoms with Crippen LogP contribution in [0.2, 0.25) is 0 Å². The van der Waals surface area contributed by atoms with Gasteiger partial charge in [0.15, 0.2) is 5.78 Å². The van der Waals surface area contributed by atoms with E-state index in [1.54, 1.807) is 0 Å². The zero-order valence-electron chi connectivity index (χ0n) is 10.1. The van der Waals surface area contributed by atoms with Crippen LogP contribution in [-0.4, -0.2) is 18.5 Å². The van der Waals surface area contributed by atoms with Gasteiger partial charge in [0.05, 0.1) is 6.10 Å². The van der Waals surface area contributed by atoms with Crippen LogP contribution < -0.4 is 0 Å². The molecule has 0 heterocycles. The van der Waals surface area contributed by atoms with E-state index in [4.69, 9.17) is 4.74 Å². The summed E-state index contributed by atoms with van der Waals surface area (Å²) >= 11 is 0. The zero-order chi connectivity index (χ0) is 11.1. The molecule has 2 heteroatoms. The number of carbonyl (C=O) groups is 1. The normalized spacial score (nSPS) is 19.9. The Kier molecular flexibility index (Phi) is 5.92. The quantitative estimate of drug-likeness (QED) is 0.714. The summed E-state index contributed by atoms with van der Waals surface area (Å²) in [6.45, 7) is 4.28. The molecule has 0 atom stereocenters. The lowest BCUT2D eigenvalue weighted by atomic mass is 9.88. The standard InChI is InChI=1S/C13H24O2/c1-11(2)15-10-13(14)12-8-6-4-3-5-7-9-12/h11-12H,3-10H2,1-2H3.